The highest BCUT2D eigenvalue weighted by atomic mass is 19.3. The Morgan fingerprint density at radius 1 is 1.64 bits per heavy atom. The van der Waals surface area contributed by atoms with Crippen molar-refractivity contribution in [1.29, 1.82) is 0 Å². The number of halogens is 2. The van der Waals surface area contributed by atoms with Crippen LogP contribution in [0.3, 0.4) is 0 Å². The lowest BCUT2D eigenvalue weighted by atomic mass is 10.3. The summed E-state index contributed by atoms with van der Waals surface area (Å²) in [5.41, 5.74) is 4.93. The molecule has 1 aromatic heterocycles. The summed E-state index contributed by atoms with van der Waals surface area (Å²) >= 11 is 0. The maximum absolute atomic E-state index is 11.9. The van der Waals surface area contributed by atoms with Crippen molar-refractivity contribution in [2.45, 2.75) is 19.4 Å². The van der Waals surface area contributed by atoms with Crippen molar-refractivity contribution in [3.05, 3.63) is 11.9 Å². The van der Waals surface area contributed by atoms with Crippen LogP contribution in [-0.4, -0.2) is 33.7 Å². The summed E-state index contributed by atoms with van der Waals surface area (Å²) in [6.45, 7) is 0.942. The molecule has 0 bridgehead atoms. The quantitative estimate of drug-likeness (QED) is 0.689. The fourth-order valence-electron chi connectivity index (χ4n) is 0.886. The third-order valence-electron chi connectivity index (χ3n) is 1.58. The number of nitrogens with two attached hydrogens (primary N) is 1. The lowest BCUT2D eigenvalue weighted by Crippen LogP contribution is -2.10. The molecule has 1 heterocycles. The minimum absolute atomic E-state index is 0.308. The molecule has 0 fully saturated rings. The van der Waals surface area contributed by atoms with Crippen molar-refractivity contribution >= 4 is 5.78 Å². The molecule has 0 aliphatic carbocycles. The van der Waals surface area contributed by atoms with Crippen LogP contribution in [-0.2, 0) is 6.54 Å². The van der Waals surface area contributed by atoms with Crippen molar-refractivity contribution in [3.8, 4) is 0 Å². The molecule has 0 saturated heterocycles. The molecule has 1 rings (SSSR count). The van der Waals surface area contributed by atoms with Gasteiger partial charge in [-0.2, -0.15) is 0 Å². The normalized spacial score (nSPS) is 10.9. The first-order valence-corrected chi connectivity index (χ1v) is 4.07. The summed E-state index contributed by atoms with van der Waals surface area (Å²) in [4.78, 5) is 10.7. The second-order valence-corrected chi connectivity index (χ2v) is 2.67. The van der Waals surface area contributed by atoms with Gasteiger partial charge in [0, 0.05) is 6.54 Å². The summed E-state index contributed by atoms with van der Waals surface area (Å²) < 4.78 is 25.2. The fraction of sp³-hybridized carbons (Fsp3) is 0.571. The van der Waals surface area contributed by atoms with E-state index in [1.807, 2.05) is 0 Å². The zero-order valence-electron chi connectivity index (χ0n) is 7.36. The molecule has 7 heteroatoms. The maximum Gasteiger partial charge on any atom is 0.302 e. The van der Waals surface area contributed by atoms with E-state index in [0.29, 0.717) is 19.5 Å². The highest BCUT2D eigenvalue weighted by Crippen LogP contribution is 2.03. The molecule has 0 atom stereocenters. The summed E-state index contributed by atoms with van der Waals surface area (Å²) in [5, 5.41) is 6.85. The number of carbonyl (C=O) groups is 1. The Hall–Kier alpha value is -1.37. The van der Waals surface area contributed by atoms with E-state index in [0.717, 1.165) is 0 Å². The van der Waals surface area contributed by atoms with E-state index in [2.05, 4.69) is 10.3 Å². The second kappa shape index (κ2) is 4.75. The average Bonchev–Trinajstić information content (AvgIpc) is 2.61. The molecule has 1 aromatic rings. The molecule has 0 aliphatic rings. The highest BCUT2D eigenvalue weighted by Gasteiger charge is 2.20. The molecule has 0 amide bonds. The van der Waals surface area contributed by atoms with Gasteiger partial charge >= 0.3 is 6.43 Å². The Kier molecular flexibility index (Phi) is 3.63. The van der Waals surface area contributed by atoms with E-state index in [9.17, 15) is 13.6 Å². The van der Waals surface area contributed by atoms with Crippen LogP contribution in [0.1, 0.15) is 16.9 Å². The van der Waals surface area contributed by atoms with Gasteiger partial charge in [0.15, 0.2) is 5.69 Å². The number of rotatable bonds is 5. The molecule has 0 aromatic carbocycles. The van der Waals surface area contributed by atoms with Gasteiger partial charge in [0.25, 0.3) is 5.78 Å². The first kappa shape index (κ1) is 10.7. The number of hydrogen-bond donors (Lipinski definition) is 1. The topological polar surface area (TPSA) is 73.8 Å². The van der Waals surface area contributed by atoms with Gasteiger partial charge in [-0.15, -0.1) is 5.10 Å². The molecule has 0 aliphatic heterocycles. The van der Waals surface area contributed by atoms with Gasteiger partial charge in [-0.3, -0.25) is 9.48 Å². The van der Waals surface area contributed by atoms with Crippen LogP contribution in [0.2, 0.25) is 0 Å². The van der Waals surface area contributed by atoms with Crippen LogP contribution in [0.5, 0.6) is 0 Å². The van der Waals surface area contributed by atoms with Crippen molar-refractivity contribution in [2.24, 2.45) is 5.73 Å². The Morgan fingerprint density at radius 3 is 2.93 bits per heavy atom. The van der Waals surface area contributed by atoms with Crippen LogP contribution < -0.4 is 5.73 Å². The summed E-state index contributed by atoms with van der Waals surface area (Å²) in [6, 6.07) is 0. The molecule has 2 N–H and O–H groups in total. The number of aromatic nitrogens is 3. The van der Waals surface area contributed by atoms with Gasteiger partial charge in [0.2, 0.25) is 0 Å². The van der Waals surface area contributed by atoms with Gasteiger partial charge in [0.1, 0.15) is 0 Å². The van der Waals surface area contributed by atoms with E-state index < -0.39 is 12.2 Å². The first-order valence-electron chi connectivity index (χ1n) is 4.07. The van der Waals surface area contributed by atoms with Gasteiger partial charge in [-0.25, -0.2) is 8.78 Å². The summed E-state index contributed by atoms with van der Waals surface area (Å²) in [7, 11) is 0. The van der Waals surface area contributed by atoms with Crippen molar-refractivity contribution < 1.29 is 13.6 Å². The molecule has 14 heavy (non-hydrogen) atoms. The lowest BCUT2D eigenvalue weighted by molar-refractivity contribution is 0.0673. The average molecular weight is 204 g/mol. The van der Waals surface area contributed by atoms with Crippen LogP contribution >= 0.6 is 0 Å². The van der Waals surface area contributed by atoms with E-state index in [-0.39, 0.29) is 5.69 Å². The van der Waals surface area contributed by atoms with Crippen molar-refractivity contribution in [1.82, 2.24) is 15.0 Å². The van der Waals surface area contributed by atoms with Crippen LogP contribution in [0.15, 0.2) is 6.20 Å². The molecular formula is C7H10F2N4O. The Labute approximate surface area is 78.9 Å². The minimum Gasteiger partial charge on any atom is -0.330 e. The number of ketones is 1. The zero-order chi connectivity index (χ0) is 10.6. The van der Waals surface area contributed by atoms with Crippen molar-refractivity contribution in [2.75, 3.05) is 6.54 Å². The van der Waals surface area contributed by atoms with E-state index in [4.69, 9.17) is 5.73 Å². The maximum atomic E-state index is 11.9. The van der Waals surface area contributed by atoms with Crippen LogP contribution in [0.4, 0.5) is 8.78 Å². The highest BCUT2D eigenvalue weighted by molar-refractivity contribution is 5.96. The number of hydrogen-bond acceptors (Lipinski definition) is 4. The van der Waals surface area contributed by atoms with Gasteiger partial charge in [0.05, 0.1) is 6.20 Å². The van der Waals surface area contributed by atoms with Crippen LogP contribution in [0, 0.1) is 0 Å². The number of carbonyl (C=O) groups excluding carboxylic acids is 1. The Bertz CT molecular complexity index is 312. The molecule has 0 spiro atoms. The van der Waals surface area contributed by atoms with E-state index in [1.54, 1.807) is 0 Å². The third kappa shape index (κ3) is 2.56. The monoisotopic (exact) mass is 204 g/mol. The lowest BCUT2D eigenvalue weighted by Gasteiger charge is -1.95. The summed E-state index contributed by atoms with van der Waals surface area (Å²) in [6.07, 6.45) is -1.18. The van der Waals surface area contributed by atoms with E-state index in [1.165, 1.54) is 10.9 Å². The molecule has 0 radical (unpaired) electrons. The molecule has 5 nitrogen and oxygen atoms in total. The van der Waals surface area contributed by atoms with Crippen LogP contribution in [0.25, 0.3) is 0 Å². The van der Waals surface area contributed by atoms with E-state index >= 15 is 0 Å². The third-order valence-corrected chi connectivity index (χ3v) is 1.58. The Morgan fingerprint density at radius 2 is 2.36 bits per heavy atom. The number of Topliss-reactive ketones (excluding diaryl/α,β-unsaturated/α-hetero) is 1. The molecule has 0 saturated carbocycles. The standard InChI is InChI=1S/C7H10F2N4O/c8-7(9)6(14)5-4-13(12-11-5)3-1-2-10/h4,7H,1-3,10H2. The van der Waals surface area contributed by atoms with Gasteiger partial charge in [-0.05, 0) is 13.0 Å². The van der Waals surface area contributed by atoms with Gasteiger partial charge < -0.3 is 5.73 Å². The number of alkyl halides is 2. The second-order valence-electron chi connectivity index (χ2n) is 2.67. The zero-order valence-corrected chi connectivity index (χ0v) is 7.36. The SMILES string of the molecule is NCCCn1cc(C(=O)C(F)F)nn1. The molecular weight excluding hydrogens is 194 g/mol. The first-order chi connectivity index (χ1) is 6.65. The summed E-state index contributed by atoms with van der Waals surface area (Å²) in [5.74, 6) is -1.30. The molecule has 0 unspecified atom stereocenters. The van der Waals surface area contributed by atoms with Gasteiger partial charge in [-0.1, -0.05) is 5.21 Å². The molecule has 78 valence electrons. The predicted octanol–water partition coefficient (Wildman–Crippen LogP) is 0.0747. The minimum atomic E-state index is -3.03. The Balaban J connectivity index is 2.63. The smallest absolute Gasteiger partial charge is 0.302 e. The largest absolute Gasteiger partial charge is 0.330 e. The fourth-order valence-corrected chi connectivity index (χ4v) is 0.886. The number of nitrogens with zero attached hydrogens (tertiary/aromatic N) is 3. The van der Waals surface area contributed by atoms with Crippen molar-refractivity contribution in [3.63, 3.8) is 0 Å². The number of aryl methyl sites for hydroxylation is 1. The predicted molar refractivity (Wildman–Crippen MR) is 44.0 cm³/mol.